The van der Waals surface area contributed by atoms with Gasteiger partial charge in [0.15, 0.2) is 0 Å². The average molecular weight is 163 g/mol. The zero-order valence-electron chi connectivity index (χ0n) is 7.32. The van der Waals surface area contributed by atoms with E-state index in [-0.39, 0.29) is 5.41 Å². The summed E-state index contributed by atoms with van der Waals surface area (Å²) in [6, 6.07) is 0. The number of aryl methyl sites for hydroxylation is 1. The van der Waals surface area contributed by atoms with Crippen molar-refractivity contribution in [3.63, 3.8) is 0 Å². The van der Waals surface area contributed by atoms with Crippen LogP contribution < -0.4 is 0 Å². The van der Waals surface area contributed by atoms with Crippen LogP contribution in [0.25, 0.3) is 0 Å². The maximum atomic E-state index is 4.12. The summed E-state index contributed by atoms with van der Waals surface area (Å²) in [5.41, 5.74) is 1.22. The zero-order valence-corrected chi connectivity index (χ0v) is 7.32. The fourth-order valence-electron chi connectivity index (χ4n) is 1.70. The summed E-state index contributed by atoms with van der Waals surface area (Å²) >= 11 is 0. The van der Waals surface area contributed by atoms with Crippen LogP contribution in [0.15, 0.2) is 18.9 Å². The van der Waals surface area contributed by atoms with E-state index in [9.17, 15) is 0 Å². The van der Waals surface area contributed by atoms with Crippen molar-refractivity contribution in [2.75, 3.05) is 0 Å². The largest absolute Gasteiger partial charge is 0.255 e. The van der Waals surface area contributed by atoms with Crippen molar-refractivity contribution >= 4 is 0 Å². The first-order valence-electron chi connectivity index (χ1n) is 4.27. The van der Waals surface area contributed by atoms with Crippen molar-refractivity contribution in [3.8, 4) is 0 Å². The number of hydrogen-bond acceptors (Lipinski definition) is 2. The van der Waals surface area contributed by atoms with Gasteiger partial charge in [0.25, 0.3) is 0 Å². The molecule has 0 radical (unpaired) electrons. The van der Waals surface area contributed by atoms with E-state index in [2.05, 4.69) is 16.9 Å². The summed E-state index contributed by atoms with van der Waals surface area (Å²) in [7, 11) is 1.89. The van der Waals surface area contributed by atoms with Gasteiger partial charge in [0.1, 0.15) is 0 Å². The van der Waals surface area contributed by atoms with Crippen molar-refractivity contribution in [1.82, 2.24) is 15.0 Å². The standard InChI is InChI=1S/C9H13N3/c1-3-9(5-4-6-9)8-7-12(2)11-10-8/h3,7H,1,4-6H2,2H3. The van der Waals surface area contributed by atoms with E-state index in [1.165, 1.54) is 19.3 Å². The van der Waals surface area contributed by atoms with Gasteiger partial charge in [-0.15, -0.1) is 11.7 Å². The Labute approximate surface area is 72.1 Å². The molecule has 3 heteroatoms. The normalized spacial score (nSPS) is 20.1. The second-order valence-electron chi connectivity index (χ2n) is 3.49. The third-order valence-electron chi connectivity index (χ3n) is 2.75. The van der Waals surface area contributed by atoms with Gasteiger partial charge in [0.2, 0.25) is 0 Å². The Morgan fingerprint density at radius 3 is 2.75 bits per heavy atom. The lowest BCUT2D eigenvalue weighted by atomic mass is 9.67. The highest BCUT2D eigenvalue weighted by molar-refractivity contribution is 5.24. The topological polar surface area (TPSA) is 30.7 Å². The molecule has 0 N–H and O–H groups in total. The zero-order chi connectivity index (χ0) is 8.60. The van der Waals surface area contributed by atoms with Crippen molar-refractivity contribution < 1.29 is 0 Å². The van der Waals surface area contributed by atoms with Crippen LogP contribution in [0, 0.1) is 0 Å². The van der Waals surface area contributed by atoms with Gasteiger partial charge >= 0.3 is 0 Å². The highest BCUT2D eigenvalue weighted by atomic mass is 15.4. The van der Waals surface area contributed by atoms with Gasteiger partial charge in [-0.3, -0.25) is 4.68 Å². The smallest absolute Gasteiger partial charge is 0.0926 e. The van der Waals surface area contributed by atoms with Crippen LogP contribution in [0.5, 0.6) is 0 Å². The minimum atomic E-state index is 0.147. The minimum Gasteiger partial charge on any atom is -0.255 e. The Bertz CT molecular complexity index is 296. The molecule has 0 aliphatic heterocycles. The van der Waals surface area contributed by atoms with E-state index in [0.29, 0.717) is 0 Å². The average Bonchev–Trinajstić information content (AvgIpc) is 2.35. The molecule has 12 heavy (non-hydrogen) atoms. The molecule has 0 bridgehead atoms. The molecule has 1 aromatic heterocycles. The molecule has 0 amide bonds. The van der Waals surface area contributed by atoms with E-state index in [4.69, 9.17) is 0 Å². The monoisotopic (exact) mass is 163 g/mol. The summed E-state index contributed by atoms with van der Waals surface area (Å²) in [6.07, 6.45) is 7.63. The molecular weight excluding hydrogens is 150 g/mol. The lowest BCUT2D eigenvalue weighted by Gasteiger charge is -2.36. The fraction of sp³-hybridized carbons (Fsp3) is 0.556. The SMILES string of the molecule is C=CC1(c2cn(C)nn2)CCC1. The van der Waals surface area contributed by atoms with Gasteiger partial charge in [0, 0.05) is 18.7 Å². The summed E-state index contributed by atoms with van der Waals surface area (Å²) < 4.78 is 1.75. The highest BCUT2D eigenvalue weighted by Gasteiger charge is 2.37. The van der Waals surface area contributed by atoms with Crippen molar-refractivity contribution in [2.45, 2.75) is 24.7 Å². The van der Waals surface area contributed by atoms with Gasteiger partial charge < -0.3 is 0 Å². The van der Waals surface area contributed by atoms with Crippen LogP contribution in [-0.2, 0) is 12.5 Å². The molecule has 1 aliphatic rings. The maximum Gasteiger partial charge on any atom is 0.0926 e. The maximum absolute atomic E-state index is 4.12. The molecule has 3 nitrogen and oxygen atoms in total. The molecule has 0 unspecified atom stereocenters. The Morgan fingerprint density at radius 1 is 1.67 bits per heavy atom. The van der Waals surface area contributed by atoms with Crippen molar-refractivity contribution in [3.05, 3.63) is 24.5 Å². The number of nitrogens with zero attached hydrogens (tertiary/aromatic N) is 3. The second-order valence-corrected chi connectivity index (χ2v) is 3.49. The number of allylic oxidation sites excluding steroid dienone is 1. The first kappa shape index (κ1) is 7.53. The first-order chi connectivity index (χ1) is 5.77. The molecule has 0 aromatic carbocycles. The van der Waals surface area contributed by atoms with Gasteiger partial charge in [-0.05, 0) is 12.8 Å². The third kappa shape index (κ3) is 0.891. The predicted octanol–water partition coefficient (Wildman–Crippen LogP) is 1.42. The van der Waals surface area contributed by atoms with Crippen LogP contribution in [0.2, 0.25) is 0 Å². The minimum absolute atomic E-state index is 0.147. The van der Waals surface area contributed by atoms with Gasteiger partial charge in [-0.2, -0.15) is 0 Å². The molecule has 1 aromatic rings. The molecule has 64 valence electrons. The Morgan fingerprint density at radius 2 is 2.42 bits per heavy atom. The second kappa shape index (κ2) is 2.44. The highest BCUT2D eigenvalue weighted by Crippen LogP contribution is 2.43. The molecule has 1 aliphatic carbocycles. The molecule has 1 saturated carbocycles. The quantitative estimate of drug-likeness (QED) is 0.617. The summed E-state index contributed by atoms with van der Waals surface area (Å²) in [5, 5.41) is 8.05. The van der Waals surface area contributed by atoms with Crippen LogP contribution >= 0.6 is 0 Å². The third-order valence-corrected chi connectivity index (χ3v) is 2.75. The number of hydrogen-bond donors (Lipinski definition) is 0. The predicted molar refractivity (Wildman–Crippen MR) is 46.7 cm³/mol. The van der Waals surface area contributed by atoms with Crippen LogP contribution in [0.1, 0.15) is 25.0 Å². The molecular formula is C9H13N3. The summed E-state index contributed by atoms with van der Waals surface area (Å²) in [6.45, 7) is 3.86. The molecule has 0 saturated heterocycles. The molecule has 1 fully saturated rings. The van der Waals surface area contributed by atoms with Crippen molar-refractivity contribution in [1.29, 1.82) is 0 Å². The van der Waals surface area contributed by atoms with Crippen LogP contribution in [0.3, 0.4) is 0 Å². The van der Waals surface area contributed by atoms with Crippen LogP contribution in [0.4, 0.5) is 0 Å². The Hall–Kier alpha value is -1.12. The lowest BCUT2D eigenvalue weighted by Crippen LogP contribution is -2.32. The van der Waals surface area contributed by atoms with Gasteiger partial charge in [-0.25, -0.2) is 0 Å². The van der Waals surface area contributed by atoms with Gasteiger partial charge in [-0.1, -0.05) is 17.7 Å². The number of rotatable bonds is 2. The van der Waals surface area contributed by atoms with E-state index < -0.39 is 0 Å². The van der Waals surface area contributed by atoms with E-state index in [0.717, 1.165) is 5.69 Å². The van der Waals surface area contributed by atoms with Crippen molar-refractivity contribution in [2.24, 2.45) is 7.05 Å². The fourth-order valence-corrected chi connectivity index (χ4v) is 1.70. The van der Waals surface area contributed by atoms with E-state index >= 15 is 0 Å². The molecule has 0 spiro atoms. The number of aromatic nitrogens is 3. The molecule has 2 rings (SSSR count). The summed E-state index contributed by atoms with van der Waals surface area (Å²) in [4.78, 5) is 0. The first-order valence-corrected chi connectivity index (χ1v) is 4.27. The van der Waals surface area contributed by atoms with Gasteiger partial charge in [0.05, 0.1) is 5.69 Å². The van der Waals surface area contributed by atoms with Crippen LogP contribution in [-0.4, -0.2) is 15.0 Å². The molecule has 1 heterocycles. The Kier molecular flexibility index (Phi) is 1.53. The van der Waals surface area contributed by atoms with E-state index in [1.807, 2.05) is 19.3 Å². The lowest BCUT2D eigenvalue weighted by molar-refractivity contribution is 0.306. The van der Waals surface area contributed by atoms with E-state index in [1.54, 1.807) is 4.68 Å². The Balaban J connectivity index is 2.33. The summed E-state index contributed by atoms with van der Waals surface area (Å²) in [5.74, 6) is 0. The molecule has 0 atom stereocenters.